The van der Waals surface area contributed by atoms with E-state index in [-0.39, 0.29) is 11.9 Å². The van der Waals surface area contributed by atoms with Gasteiger partial charge in [-0.15, -0.1) is 11.3 Å². The van der Waals surface area contributed by atoms with Gasteiger partial charge in [-0.25, -0.2) is 14.6 Å². The van der Waals surface area contributed by atoms with Crippen LogP contribution in [0.2, 0.25) is 0 Å². The Hall–Kier alpha value is -1.76. The van der Waals surface area contributed by atoms with Crippen LogP contribution in [0.25, 0.3) is 0 Å². The van der Waals surface area contributed by atoms with Crippen LogP contribution in [0.5, 0.6) is 0 Å². The molecule has 3 rings (SSSR count). The van der Waals surface area contributed by atoms with E-state index in [1.165, 1.54) is 35.2 Å². The van der Waals surface area contributed by atoms with Crippen LogP contribution in [-0.4, -0.2) is 25.7 Å². The molecule has 1 atom stereocenters. The van der Waals surface area contributed by atoms with Gasteiger partial charge in [-0.1, -0.05) is 0 Å². The lowest BCUT2D eigenvalue weighted by Gasteiger charge is -2.11. The monoisotopic (exact) mass is 263 g/mol. The number of aromatic nitrogens is 4. The first-order chi connectivity index (χ1) is 8.75. The number of nitrogens with zero attached hydrogens (tertiary/aromatic N) is 4. The molecule has 0 spiro atoms. The molecule has 1 aliphatic rings. The fourth-order valence-corrected chi connectivity index (χ4v) is 2.52. The number of hydrogen-bond acceptors (Lipinski definition) is 5. The first-order valence-corrected chi connectivity index (χ1v) is 6.72. The number of hydrogen-bond donors (Lipinski definition) is 1. The van der Waals surface area contributed by atoms with Gasteiger partial charge in [-0.3, -0.25) is 4.79 Å². The zero-order valence-corrected chi connectivity index (χ0v) is 10.7. The molecule has 6 nitrogen and oxygen atoms in total. The Morgan fingerprint density at radius 3 is 3.11 bits per heavy atom. The summed E-state index contributed by atoms with van der Waals surface area (Å²) < 4.78 is 1.53. The molecule has 1 N–H and O–H groups in total. The normalized spacial score (nSPS) is 16.5. The first-order valence-electron chi connectivity index (χ1n) is 5.84. The van der Waals surface area contributed by atoms with Crippen LogP contribution in [0.3, 0.4) is 0 Å². The zero-order chi connectivity index (χ0) is 12.5. The average molecular weight is 263 g/mol. The number of anilines is 1. The maximum Gasteiger partial charge on any atom is 0.249 e. The second-order valence-electron chi connectivity index (χ2n) is 4.38. The second kappa shape index (κ2) is 4.49. The fraction of sp³-hybridized carbons (Fsp3) is 0.455. The molecule has 2 aromatic rings. The SMILES string of the molecule is CC(C(=O)Nc1scnc1C1CC1)n1cncn1. The van der Waals surface area contributed by atoms with E-state index in [0.29, 0.717) is 5.92 Å². The van der Waals surface area contributed by atoms with Crippen molar-refractivity contribution in [3.05, 3.63) is 23.9 Å². The van der Waals surface area contributed by atoms with E-state index in [0.717, 1.165) is 10.7 Å². The van der Waals surface area contributed by atoms with Crippen molar-refractivity contribution >= 4 is 22.2 Å². The molecule has 0 saturated heterocycles. The zero-order valence-electron chi connectivity index (χ0n) is 9.91. The molecular formula is C11H13N5OS. The lowest BCUT2D eigenvalue weighted by molar-refractivity contribution is -0.119. The van der Waals surface area contributed by atoms with Crippen LogP contribution in [0.4, 0.5) is 5.00 Å². The number of carbonyl (C=O) groups is 1. The van der Waals surface area contributed by atoms with Gasteiger partial charge in [0.25, 0.3) is 0 Å². The van der Waals surface area contributed by atoms with Crippen LogP contribution >= 0.6 is 11.3 Å². The van der Waals surface area contributed by atoms with E-state index in [9.17, 15) is 4.79 Å². The number of amides is 1. The van der Waals surface area contributed by atoms with Crippen molar-refractivity contribution < 1.29 is 4.79 Å². The van der Waals surface area contributed by atoms with E-state index in [1.807, 2.05) is 0 Å². The van der Waals surface area contributed by atoms with E-state index < -0.39 is 0 Å². The van der Waals surface area contributed by atoms with Crippen molar-refractivity contribution in [1.82, 2.24) is 19.7 Å². The van der Waals surface area contributed by atoms with Crippen molar-refractivity contribution in [3.8, 4) is 0 Å². The quantitative estimate of drug-likeness (QED) is 0.913. The molecule has 1 unspecified atom stereocenters. The summed E-state index contributed by atoms with van der Waals surface area (Å²) in [6, 6.07) is -0.373. The molecule has 94 valence electrons. The molecule has 18 heavy (non-hydrogen) atoms. The van der Waals surface area contributed by atoms with Crippen LogP contribution in [-0.2, 0) is 4.79 Å². The van der Waals surface area contributed by atoms with E-state index >= 15 is 0 Å². The Labute approximate surface area is 108 Å². The van der Waals surface area contributed by atoms with Gasteiger partial charge in [0.05, 0.1) is 11.2 Å². The van der Waals surface area contributed by atoms with Gasteiger partial charge >= 0.3 is 0 Å². The molecule has 1 fully saturated rings. The molecule has 0 radical (unpaired) electrons. The van der Waals surface area contributed by atoms with Crippen molar-refractivity contribution in [2.24, 2.45) is 0 Å². The predicted molar refractivity (Wildman–Crippen MR) is 67.5 cm³/mol. The highest BCUT2D eigenvalue weighted by molar-refractivity contribution is 7.14. The maximum absolute atomic E-state index is 12.1. The second-order valence-corrected chi connectivity index (χ2v) is 5.24. The average Bonchev–Trinajstić information content (AvgIpc) is 2.91. The van der Waals surface area contributed by atoms with Crippen molar-refractivity contribution in [2.45, 2.75) is 31.7 Å². The summed E-state index contributed by atoms with van der Waals surface area (Å²) in [5, 5.41) is 7.77. The highest BCUT2D eigenvalue weighted by atomic mass is 32.1. The van der Waals surface area contributed by atoms with E-state index in [2.05, 4.69) is 20.4 Å². The molecule has 2 heterocycles. The topological polar surface area (TPSA) is 72.7 Å². The Kier molecular flexibility index (Phi) is 2.83. The summed E-state index contributed by atoms with van der Waals surface area (Å²) in [4.78, 5) is 20.2. The van der Waals surface area contributed by atoms with E-state index in [1.54, 1.807) is 18.8 Å². The highest BCUT2D eigenvalue weighted by Crippen LogP contribution is 2.43. The summed E-state index contributed by atoms with van der Waals surface area (Å²) >= 11 is 1.47. The van der Waals surface area contributed by atoms with Crippen LogP contribution in [0.15, 0.2) is 18.2 Å². The molecule has 0 aromatic carbocycles. The van der Waals surface area contributed by atoms with E-state index in [4.69, 9.17) is 0 Å². The Bertz CT molecular complexity index is 546. The molecule has 0 aliphatic heterocycles. The van der Waals surface area contributed by atoms with Crippen LogP contribution in [0, 0.1) is 0 Å². The minimum Gasteiger partial charge on any atom is -0.314 e. The predicted octanol–water partition coefficient (Wildman–Crippen LogP) is 1.81. The van der Waals surface area contributed by atoms with Gasteiger partial charge in [-0.2, -0.15) is 5.10 Å². The minimum atomic E-state index is -0.373. The molecule has 1 aliphatic carbocycles. The molecule has 2 aromatic heterocycles. The molecule has 1 amide bonds. The highest BCUT2D eigenvalue weighted by Gasteiger charge is 2.29. The number of thiazole rings is 1. The Morgan fingerprint density at radius 1 is 1.61 bits per heavy atom. The third-order valence-electron chi connectivity index (χ3n) is 3.01. The summed E-state index contributed by atoms with van der Waals surface area (Å²) in [6.45, 7) is 1.79. The number of rotatable bonds is 4. The molecular weight excluding hydrogens is 250 g/mol. The molecule has 1 saturated carbocycles. The van der Waals surface area contributed by atoms with Gasteiger partial charge in [0, 0.05) is 5.92 Å². The first kappa shape index (κ1) is 11.3. The van der Waals surface area contributed by atoms with Gasteiger partial charge in [0.2, 0.25) is 5.91 Å². The number of nitrogens with one attached hydrogen (secondary N) is 1. The van der Waals surface area contributed by atoms with Crippen molar-refractivity contribution in [1.29, 1.82) is 0 Å². The summed E-state index contributed by atoms with van der Waals surface area (Å²) in [5.74, 6) is 0.444. The van der Waals surface area contributed by atoms with Crippen molar-refractivity contribution in [3.63, 3.8) is 0 Å². The number of carbonyl (C=O) groups excluding carboxylic acids is 1. The summed E-state index contributed by atoms with van der Waals surface area (Å²) in [5.41, 5.74) is 2.81. The third-order valence-corrected chi connectivity index (χ3v) is 3.77. The lowest BCUT2D eigenvalue weighted by Crippen LogP contribution is -2.24. The maximum atomic E-state index is 12.1. The summed E-state index contributed by atoms with van der Waals surface area (Å²) in [7, 11) is 0. The van der Waals surface area contributed by atoms with Gasteiger partial charge < -0.3 is 5.32 Å². The van der Waals surface area contributed by atoms with Gasteiger partial charge in [0.1, 0.15) is 23.7 Å². The van der Waals surface area contributed by atoms with Gasteiger partial charge in [-0.05, 0) is 19.8 Å². The standard InChI is InChI=1S/C11H13N5OS/c1-7(16-5-12-4-14-16)10(17)15-11-9(8-2-3-8)13-6-18-11/h4-8H,2-3H2,1H3,(H,15,17). The van der Waals surface area contributed by atoms with Crippen molar-refractivity contribution in [2.75, 3.05) is 5.32 Å². The lowest BCUT2D eigenvalue weighted by atomic mass is 10.3. The van der Waals surface area contributed by atoms with Crippen LogP contribution < -0.4 is 5.32 Å². The summed E-state index contributed by atoms with van der Waals surface area (Å²) in [6.07, 6.45) is 5.31. The van der Waals surface area contributed by atoms with Gasteiger partial charge in [0.15, 0.2) is 0 Å². The largest absolute Gasteiger partial charge is 0.314 e. The molecule has 7 heteroatoms. The molecule has 0 bridgehead atoms. The Morgan fingerprint density at radius 2 is 2.44 bits per heavy atom. The fourth-order valence-electron chi connectivity index (χ4n) is 1.75. The third kappa shape index (κ3) is 2.13. The smallest absolute Gasteiger partial charge is 0.249 e. The van der Waals surface area contributed by atoms with Crippen LogP contribution in [0.1, 0.15) is 37.4 Å². The minimum absolute atomic E-state index is 0.0911. The Balaban J connectivity index is 1.72.